The maximum atomic E-state index is 14.5. The lowest BCUT2D eigenvalue weighted by atomic mass is 10.1. The minimum Gasteiger partial charge on any atom is -0.467 e. The van der Waals surface area contributed by atoms with Crippen LogP contribution >= 0.6 is 18.5 Å². The topological polar surface area (TPSA) is 85.3 Å². The van der Waals surface area contributed by atoms with Crippen LogP contribution in [0.3, 0.4) is 0 Å². The molecule has 236 valence electrons. The molecule has 0 aliphatic carbocycles. The van der Waals surface area contributed by atoms with Gasteiger partial charge in [0.05, 0.1) is 25.7 Å². The number of esters is 2. The summed E-state index contributed by atoms with van der Waals surface area (Å²) in [6.07, 6.45) is 1.39. The van der Waals surface area contributed by atoms with Gasteiger partial charge >= 0.3 is 11.9 Å². The number of methoxy groups -OCH3 is 2. The van der Waals surface area contributed by atoms with Gasteiger partial charge in [-0.3, -0.25) is 4.79 Å². The lowest BCUT2D eigenvalue weighted by Crippen LogP contribution is -2.53. The molecule has 1 atom stereocenters. The van der Waals surface area contributed by atoms with Crippen molar-refractivity contribution < 1.29 is 23.9 Å². The smallest absolute Gasteiger partial charge is 0.337 e. The Morgan fingerprint density at radius 3 is 1.55 bits per heavy atom. The second-order valence-electron chi connectivity index (χ2n) is 10.3. The van der Waals surface area contributed by atoms with Crippen LogP contribution in [0.2, 0.25) is 5.02 Å². The minimum atomic E-state index is -3.30. The van der Waals surface area contributed by atoms with Crippen molar-refractivity contribution in [3.63, 3.8) is 0 Å². The highest BCUT2D eigenvalue weighted by Crippen LogP contribution is 2.48. The van der Waals surface area contributed by atoms with Gasteiger partial charge in [-0.05, 0) is 41.0 Å². The van der Waals surface area contributed by atoms with E-state index in [-0.39, 0.29) is 10.9 Å². The summed E-state index contributed by atoms with van der Waals surface area (Å²) in [6, 6.07) is 42.1. The van der Waals surface area contributed by atoms with Crippen molar-refractivity contribution in [3.8, 4) is 0 Å². The van der Waals surface area contributed by atoms with Gasteiger partial charge < -0.3 is 9.47 Å². The molecule has 0 aliphatic rings. The van der Waals surface area contributed by atoms with Crippen molar-refractivity contribution in [2.24, 2.45) is 5.10 Å². The fourth-order valence-electron chi connectivity index (χ4n) is 5.45. The quantitative estimate of drug-likeness (QED) is 0.0830. The second kappa shape index (κ2) is 15.4. The number of ether oxygens (including phenoxy) is 2. The average Bonchev–Trinajstić information content (AvgIpc) is 3.14. The number of rotatable bonds is 10. The van der Waals surface area contributed by atoms with Gasteiger partial charge in [0.25, 0.3) is 5.91 Å². The first-order valence-electron chi connectivity index (χ1n) is 14.7. The summed E-state index contributed by atoms with van der Waals surface area (Å²) < 4.78 is 10.9. The van der Waals surface area contributed by atoms with Crippen LogP contribution in [0.5, 0.6) is 0 Å². The summed E-state index contributed by atoms with van der Waals surface area (Å²) >= 11 is 6.46. The van der Waals surface area contributed by atoms with Gasteiger partial charge in [-0.25, -0.2) is 14.6 Å². The Morgan fingerprint density at radius 1 is 0.660 bits per heavy atom. The summed E-state index contributed by atoms with van der Waals surface area (Å²) in [5.74, 6) is -2.31. The zero-order valence-electron chi connectivity index (χ0n) is 25.8. The van der Waals surface area contributed by atoms with Crippen LogP contribution < -0.4 is 15.9 Å². The molecule has 0 bridgehead atoms. The predicted molar refractivity (Wildman–Crippen MR) is 190 cm³/mol. The number of halogens is 1. The molecule has 0 heterocycles. The number of nitrogens with zero attached hydrogens (tertiary/aromatic N) is 2. The molecule has 1 unspecified atom stereocenters. The first-order valence-corrected chi connectivity index (χ1v) is 16.9. The highest BCUT2D eigenvalue weighted by molar-refractivity contribution is 7.96. The van der Waals surface area contributed by atoms with Crippen molar-refractivity contribution in [3.05, 3.63) is 162 Å². The molecular weight excluding hydrogens is 631 g/mol. The van der Waals surface area contributed by atoms with Crippen LogP contribution in [0, 0.1) is 0 Å². The molecule has 9 heteroatoms. The molecular formula is C38H32ClN2O5P. The Bertz CT molecular complexity index is 1830. The molecule has 7 nitrogen and oxygen atoms in total. The second-order valence-corrected chi connectivity index (χ2v) is 14.0. The lowest BCUT2D eigenvalue weighted by molar-refractivity contribution is -0.145. The first-order chi connectivity index (χ1) is 22.9. The SMILES string of the molecule is COC(=O)C(C(C(=O)OC)N(/N=C/c1ccccc1Cl)C(=O)c1ccccc1)=P(c1ccccc1)(c1ccccc1)c1ccccc1. The van der Waals surface area contributed by atoms with E-state index in [0.29, 0.717) is 10.6 Å². The van der Waals surface area contributed by atoms with E-state index in [1.165, 1.54) is 20.4 Å². The van der Waals surface area contributed by atoms with Gasteiger partial charge in [-0.15, -0.1) is 0 Å². The molecule has 47 heavy (non-hydrogen) atoms. The molecule has 5 aromatic rings. The van der Waals surface area contributed by atoms with Crippen molar-refractivity contribution in [1.29, 1.82) is 0 Å². The number of carbonyl (C=O) groups is 3. The summed E-state index contributed by atoms with van der Waals surface area (Å²) in [5.41, 5.74) is 0.739. The summed E-state index contributed by atoms with van der Waals surface area (Å²) in [7, 11) is 2.46. The van der Waals surface area contributed by atoms with E-state index < -0.39 is 30.8 Å². The minimum absolute atomic E-state index is 0.0102. The van der Waals surface area contributed by atoms with E-state index >= 15 is 0 Å². The third kappa shape index (κ3) is 6.82. The number of benzene rings is 5. The number of amides is 1. The van der Waals surface area contributed by atoms with E-state index in [2.05, 4.69) is 5.10 Å². The highest BCUT2D eigenvalue weighted by Gasteiger charge is 2.46. The lowest BCUT2D eigenvalue weighted by Gasteiger charge is -2.36. The maximum absolute atomic E-state index is 14.5. The number of hydrazone groups is 1. The van der Waals surface area contributed by atoms with Crippen LogP contribution in [0.15, 0.2) is 151 Å². The molecule has 0 aromatic heterocycles. The van der Waals surface area contributed by atoms with Gasteiger partial charge in [-0.1, -0.05) is 139 Å². The Morgan fingerprint density at radius 2 is 1.11 bits per heavy atom. The molecule has 5 rings (SSSR count). The van der Waals surface area contributed by atoms with E-state index in [1.807, 2.05) is 91.0 Å². The maximum Gasteiger partial charge on any atom is 0.337 e. The monoisotopic (exact) mass is 662 g/mol. The fourth-order valence-corrected chi connectivity index (χ4v) is 10.2. The van der Waals surface area contributed by atoms with Crippen LogP contribution in [-0.2, 0) is 19.1 Å². The summed E-state index contributed by atoms with van der Waals surface area (Å²) in [5, 5.41) is 8.26. The van der Waals surface area contributed by atoms with Gasteiger partial charge in [0.2, 0.25) is 0 Å². The third-order valence-electron chi connectivity index (χ3n) is 7.57. The number of carbonyl (C=O) groups excluding carboxylic acids is 3. The van der Waals surface area contributed by atoms with Gasteiger partial charge in [0, 0.05) is 16.1 Å². The molecule has 0 radical (unpaired) electrons. The van der Waals surface area contributed by atoms with Crippen molar-refractivity contribution in [2.75, 3.05) is 14.2 Å². The first kappa shape index (κ1) is 33.1. The Hall–Kier alpha value is -5.23. The number of hydrogen-bond donors (Lipinski definition) is 0. The molecule has 0 aliphatic heterocycles. The zero-order chi connectivity index (χ0) is 33.2. The zero-order valence-corrected chi connectivity index (χ0v) is 27.4. The van der Waals surface area contributed by atoms with Crippen LogP contribution in [0.4, 0.5) is 0 Å². The van der Waals surface area contributed by atoms with Crippen molar-refractivity contribution >= 4 is 63.8 Å². The Kier molecular flexibility index (Phi) is 10.8. The summed E-state index contributed by atoms with van der Waals surface area (Å²) in [6.45, 7) is -3.30. The Labute approximate surface area is 279 Å². The largest absolute Gasteiger partial charge is 0.467 e. The molecule has 0 spiro atoms. The Balaban J connectivity index is 1.99. The highest BCUT2D eigenvalue weighted by atomic mass is 35.5. The van der Waals surface area contributed by atoms with Crippen LogP contribution in [-0.4, -0.2) is 54.6 Å². The van der Waals surface area contributed by atoms with Crippen molar-refractivity contribution in [2.45, 2.75) is 6.04 Å². The number of hydrogen-bond acceptors (Lipinski definition) is 6. The molecule has 5 aromatic carbocycles. The van der Waals surface area contributed by atoms with Crippen molar-refractivity contribution in [1.82, 2.24) is 5.01 Å². The van der Waals surface area contributed by atoms with Gasteiger partial charge in [0.1, 0.15) is 0 Å². The van der Waals surface area contributed by atoms with E-state index in [0.717, 1.165) is 20.9 Å². The fraction of sp³-hybridized carbons (Fsp3) is 0.0789. The average molecular weight is 663 g/mol. The third-order valence-corrected chi connectivity index (χ3v) is 12.3. The molecule has 0 saturated carbocycles. The predicted octanol–water partition coefficient (Wildman–Crippen LogP) is 5.70. The van der Waals surface area contributed by atoms with E-state index in [9.17, 15) is 14.4 Å². The molecule has 0 saturated heterocycles. The van der Waals surface area contributed by atoms with Gasteiger partial charge in [-0.2, -0.15) is 5.10 Å². The molecule has 0 fully saturated rings. The van der Waals surface area contributed by atoms with E-state index in [4.69, 9.17) is 21.1 Å². The van der Waals surface area contributed by atoms with Gasteiger partial charge in [0.15, 0.2) is 6.04 Å². The van der Waals surface area contributed by atoms with Crippen LogP contribution in [0.1, 0.15) is 15.9 Å². The normalized spacial score (nSPS) is 11.8. The molecule has 0 N–H and O–H groups in total. The molecule has 1 amide bonds. The summed E-state index contributed by atoms with van der Waals surface area (Å²) in [4.78, 5) is 43.2. The van der Waals surface area contributed by atoms with E-state index in [1.54, 1.807) is 54.6 Å². The standard InChI is InChI=1S/C38H32ClN2O5P/c1-45-37(43)34(41(36(42)28-17-7-3-8-18-28)40-27-29-19-15-16-26-33(29)39)35(38(44)46-2)47(30-20-9-4-10-21-30,31-22-11-5-12-23-31)32-24-13-6-14-25-32/h3-27,34H,1-2H3/b40-27+. The van der Waals surface area contributed by atoms with Crippen LogP contribution in [0.25, 0.3) is 0 Å².